The first kappa shape index (κ1) is 25.2. The number of allylic oxidation sites excluding steroid dienone is 1. The smallest absolute Gasteiger partial charge is 0.257 e. The second kappa shape index (κ2) is 12.7. The Bertz CT molecular complexity index is 918. The lowest BCUT2D eigenvalue weighted by Gasteiger charge is -2.22. The maximum absolute atomic E-state index is 13.4. The Labute approximate surface area is 192 Å². The van der Waals surface area contributed by atoms with E-state index in [0.717, 1.165) is 48.7 Å². The van der Waals surface area contributed by atoms with E-state index in [1.807, 2.05) is 31.2 Å². The van der Waals surface area contributed by atoms with Gasteiger partial charge in [0.15, 0.2) is 0 Å². The van der Waals surface area contributed by atoms with Crippen LogP contribution in [0.4, 0.5) is 0 Å². The van der Waals surface area contributed by atoms with Gasteiger partial charge in [-0.2, -0.15) is 0 Å². The van der Waals surface area contributed by atoms with Crippen LogP contribution in [0.2, 0.25) is 0 Å². The lowest BCUT2D eigenvalue weighted by atomic mass is 10.0. The Kier molecular flexibility index (Phi) is 9.99. The number of hydrogen-bond donors (Lipinski definition) is 0. The molecule has 172 valence electrons. The molecule has 2 rings (SSSR count). The molecule has 0 aliphatic rings. The summed E-state index contributed by atoms with van der Waals surface area (Å²) in [6.45, 7) is 11.8. The highest BCUT2D eigenvalue weighted by atomic mass is 16.5. The highest BCUT2D eigenvalue weighted by Crippen LogP contribution is 2.34. The molecule has 0 saturated heterocycles. The molecule has 0 bridgehead atoms. The molecule has 0 aromatic heterocycles. The van der Waals surface area contributed by atoms with Crippen molar-refractivity contribution in [2.45, 2.75) is 53.0 Å². The quantitative estimate of drug-likeness (QED) is 0.278. The Hall–Kier alpha value is -3.08. The number of hydrogen-bond acceptors (Lipinski definition) is 4. The first-order valence-corrected chi connectivity index (χ1v) is 11.3. The van der Waals surface area contributed by atoms with E-state index in [0.29, 0.717) is 42.4 Å². The van der Waals surface area contributed by atoms with Gasteiger partial charge in [-0.3, -0.25) is 9.59 Å². The van der Waals surface area contributed by atoms with Crippen molar-refractivity contribution in [3.05, 3.63) is 65.2 Å². The zero-order valence-electron chi connectivity index (χ0n) is 19.8. The van der Waals surface area contributed by atoms with Gasteiger partial charge in [-0.05, 0) is 37.0 Å². The summed E-state index contributed by atoms with van der Waals surface area (Å²) >= 11 is 0. The Balaban J connectivity index is 2.35. The largest absolute Gasteiger partial charge is 0.493 e. The van der Waals surface area contributed by atoms with Gasteiger partial charge in [-0.15, -0.1) is 0 Å². The van der Waals surface area contributed by atoms with E-state index in [4.69, 9.17) is 9.47 Å². The molecule has 0 unspecified atom stereocenters. The number of unbranched alkanes of at least 4 members (excludes halogenated alkanes) is 2. The maximum Gasteiger partial charge on any atom is 0.257 e. The second-order valence-electron chi connectivity index (χ2n) is 8.05. The lowest BCUT2D eigenvalue weighted by molar-refractivity contribution is 0.0780. The van der Waals surface area contributed by atoms with Crippen LogP contribution in [0.5, 0.6) is 11.5 Å². The number of rotatable bonds is 13. The Morgan fingerprint density at radius 2 is 1.53 bits per heavy atom. The molecular weight excluding hydrogens is 402 g/mol. The Morgan fingerprint density at radius 1 is 0.969 bits per heavy atom. The molecule has 5 heteroatoms. The maximum atomic E-state index is 13.4. The SMILES string of the molecule is C=C(C)c1cc(C(=O)N(C)Cc2ccc(C=O)cc2)c(OCCCC)cc1OCCCC. The van der Waals surface area contributed by atoms with E-state index >= 15 is 0 Å². The highest BCUT2D eigenvalue weighted by Gasteiger charge is 2.21. The molecule has 2 aromatic rings. The molecule has 0 atom stereocenters. The second-order valence-corrected chi connectivity index (χ2v) is 8.05. The zero-order chi connectivity index (χ0) is 23.5. The van der Waals surface area contributed by atoms with E-state index in [-0.39, 0.29) is 5.91 Å². The van der Waals surface area contributed by atoms with Gasteiger partial charge in [0.05, 0.1) is 18.8 Å². The molecule has 32 heavy (non-hydrogen) atoms. The van der Waals surface area contributed by atoms with Gasteiger partial charge in [-0.1, -0.05) is 57.5 Å². The van der Waals surface area contributed by atoms with Crippen molar-refractivity contribution in [3.63, 3.8) is 0 Å². The van der Waals surface area contributed by atoms with Crippen LogP contribution in [-0.4, -0.2) is 37.4 Å². The third-order valence-corrected chi connectivity index (χ3v) is 5.17. The number of benzene rings is 2. The summed E-state index contributed by atoms with van der Waals surface area (Å²) in [4.78, 5) is 25.9. The van der Waals surface area contributed by atoms with Crippen LogP contribution >= 0.6 is 0 Å². The van der Waals surface area contributed by atoms with Crippen LogP contribution in [0.25, 0.3) is 5.57 Å². The van der Waals surface area contributed by atoms with Gasteiger partial charge < -0.3 is 14.4 Å². The number of carbonyl (C=O) groups excluding carboxylic acids is 2. The van der Waals surface area contributed by atoms with E-state index < -0.39 is 0 Å². The summed E-state index contributed by atoms with van der Waals surface area (Å²) in [7, 11) is 1.76. The molecule has 0 saturated carbocycles. The van der Waals surface area contributed by atoms with Gasteiger partial charge in [0.2, 0.25) is 0 Å². The molecule has 0 aliphatic heterocycles. The first-order valence-electron chi connectivity index (χ1n) is 11.3. The standard InChI is InChI=1S/C27H35NO4/c1-6-8-14-31-25-17-26(32-15-9-7-2)24(16-23(25)20(3)4)27(30)28(5)18-21-10-12-22(19-29)13-11-21/h10-13,16-17,19H,3,6-9,14-15,18H2,1-2,4-5H3. The summed E-state index contributed by atoms with van der Waals surface area (Å²) in [6.07, 6.45) is 4.71. The highest BCUT2D eigenvalue weighted by molar-refractivity contribution is 5.98. The van der Waals surface area contributed by atoms with E-state index in [2.05, 4.69) is 20.4 Å². The molecule has 0 N–H and O–H groups in total. The summed E-state index contributed by atoms with van der Waals surface area (Å²) in [6, 6.07) is 10.9. The molecule has 0 radical (unpaired) electrons. The van der Waals surface area contributed by atoms with Crippen molar-refractivity contribution < 1.29 is 19.1 Å². The van der Waals surface area contributed by atoms with Crippen LogP contribution in [0.15, 0.2) is 43.0 Å². The summed E-state index contributed by atoms with van der Waals surface area (Å²) in [5.41, 5.74) is 3.70. The summed E-state index contributed by atoms with van der Waals surface area (Å²) < 4.78 is 12.0. The third kappa shape index (κ3) is 6.98. The number of nitrogens with zero attached hydrogens (tertiary/aromatic N) is 1. The minimum Gasteiger partial charge on any atom is -0.493 e. The van der Waals surface area contributed by atoms with E-state index in [1.54, 1.807) is 24.1 Å². The number of amides is 1. The van der Waals surface area contributed by atoms with Crippen LogP contribution < -0.4 is 9.47 Å². The molecule has 0 spiro atoms. The minimum atomic E-state index is -0.140. The fraction of sp³-hybridized carbons (Fsp3) is 0.407. The predicted octanol–water partition coefficient (Wildman–Crippen LogP) is 6.16. The molecule has 0 aliphatic carbocycles. The molecule has 1 amide bonds. The average Bonchev–Trinajstić information content (AvgIpc) is 2.79. The first-order chi connectivity index (χ1) is 15.4. The van der Waals surface area contributed by atoms with Crippen molar-refractivity contribution in [1.82, 2.24) is 4.90 Å². The van der Waals surface area contributed by atoms with Crippen molar-refractivity contribution in [1.29, 1.82) is 0 Å². The van der Waals surface area contributed by atoms with Crippen molar-refractivity contribution in [2.75, 3.05) is 20.3 Å². The molecule has 5 nitrogen and oxygen atoms in total. The van der Waals surface area contributed by atoms with Crippen molar-refractivity contribution in [2.24, 2.45) is 0 Å². The normalized spacial score (nSPS) is 10.5. The van der Waals surface area contributed by atoms with E-state index in [1.165, 1.54) is 0 Å². The number of ether oxygens (including phenoxy) is 2. The van der Waals surface area contributed by atoms with Crippen molar-refractivity contribution in [3.8, 4) is 11.5 Å². The van der Waals surface area contributed by atoms with Crippen LogP contribution in [0.1, 0.15) is 78.3 Å². The molecule has 0 fully saturated rings. The predicted molar refractivity (Wildman–Crippen MR) is 130 cm³/mol. The summed E-state index contributed by atoms with van der Waals surface area (Å²) in [5, 5.41) is 0. The zero-order valence-corrected chi connectivity index (χ0v) is 19.8. The van der Waals surface area contributed by atoms with E-state index in [9.17, 15) is 9.59 Å². The fourth-order valence-electron chi connectivity index (χ4n) is 3.21. The van der Waals surface area contributed by atoms with Gasteiger partial charge >= 0.3 is 0 Å². The summed E-state index contributed by atoms with van der Waals surface area (Å²) in [5.74, 6) is 1.09. The molecule has 2 aromatic carbocycles. The van der Waals surface area contributed by atoms with Crippen LogP contribution in [0.3, 0.4) is 0 Å². The number of carbonyl (C=O) groups is 2. The Morgan fingerprint density at radius 3 is 2.03 bits per heavy atom. The topological polar surface area (TPSA) is 55.8 Å². The van der Waals surface area contributed by atoms with Gasteiger partial charge in [0.1, 0.15) is 17.8 Å². The lowest BCUT2D eigenvalue weighted by Crippen LogP contribution is -2.27. The fourth-order valence-corrected chi connectivity index (χ4v) is 3.21. The van der Waals surface area contributed by atoms with Gasteiger partial charge in [0, 0.05) is 30.8 Å². The third-order valence-electron chi connectivity index (χ3n) is 5.17. The van der Waals surface area contributed by atoms with Crippen LogP contribution in [0, 0.1) is 0 Å². The average molecular weight is 438 g/mol. The minimum absolute atomic E-state index is 0.140. The van der Waals surface area contributed by atoms with Crippen LogP contribution in [-0.2, 0) is 6.54 Å². The van der Waals surface area contributed by atoms with Gasteiger partial charge in [0.25, 0.3) is 5.91 Å². The van der Waals surface area contributed by atoms with Gasteiger partial charge in [-0.25, -0.2) is 0 Å². The number of aldehydes is 1. The molecular formula is C27H35NO4. The molecule has 0 heterocycles. The monoisotopic (exact) mass is 437 g/mol. The van der Waals surface area contributed by atoms with Crippen molar-refractivity contribution >= 4 is 17.8 Å².